The van der Waals surface area contributed by atoms with Crippen LogP contribution in [-0.2, 0) is 5.41 Å². The Morgan fingerprint density at radius 1 is 1.16 bits per heavy atom. The zero-order valence-corrected chi connectivity index (χ0v) is 17.3. The van der Waals surface area contributed by atoms with Gasteiger partial charge in [0.05, 0.1) is 34.7 Å². The average Bonchev–Trinajstić information content (AvgIpc) is 3.14. The van der Waals surface area contributed by atoms with Gasteiger partial charge in [0.15, 0.2) is 0 Å². The molecule has 0 unspecified atom stereocenters. The van der Waals surface area contributed by atoms with Crippen molar-refractivity contribution >= 4 is 0 Å². The molecular formula is C23H22F2N4O2. The van der Waals surface area contributed by atoms with Gasteiger partial charge in [0.2, 0.25) is 0 Å². The minimum Gasteiger partial charge on any atom is -0.461 e. The largest absolute Gasteiger partial charge is 0.461 e. The summed E-state index contributed by atoms with van der Waals surface area (Å²) in [4.78, 5) is 8.77. The van der Waals surface area contributed by atoms with Crippen molar-refractivity contribution in [3.8, 4) is 17.3 Å². The van der Waals surface area contributed by atoms with Gasteiger partial charge < -0.3 is 9.84 Å². The summed E-state index contributed by atoms with van der Waals surface area (Å²) in [5, 5.41) is 17.8. The Morgan fingerprint density at radius 3 is 2.68 bits per heavy atom. The quantitative estimate of drug-likeness (QED) is 0.671. The number of aliphatic hydroxyl groups is 1. The molecule has 2 aliphatic rings. The van der Waals surface area contributed by atoms with E-state index >= 15 is 0 Å². The molecule has 1 aromatic carbocycles. The third-order valence-corrected chi connectivity index (χ3v) is 6.99. The fraction of sp³-hybridized carbons (Fsp3) is 0.391. The van der Waals surface area contributed by atoms with E-state index in [1.54, 1.807) is 12.3 Å². The summed E-state index contributed by atoms with van der Waals surface area (Å²) in [7, 11) is 0. The van der Waals surface area contributed by atoms with Crippen LogP contribution >= 0.6 is 0 Å². The zero-order valence-electron chi connectivity index (χ0n) is 17.3. The van der Waals surface area contributed by atoms with Crippen molar-refractivity contribution < 1.29 is 18.6 Å². The van der Waals surface area contributed by atoms with Crippen LogP contribution in [0, 0.1) is 17.0 Å². The number of hydrogen-bond donors (Lipinski definition) is 1. The molecule has 2 aromatic heterocycles. The Kier molecular flexibility index (Phi) is 4.51. The molecule has 2 atom stereocenters. The Hall–Kier alpha value is -3.00. The van der Waals surface area contributed by atoms with E-state index in [0.29, 0.717) is 0 Å². The van der Waals surface area contributed by atoms with Crippen LogP contribution in [0.5, 0.6) is 6.01 Å². The minimum absolute atomic E-state index is 0.108. The predicted octanol–water partition coefficient (Wildman–Crippen LogP) is 3.79. The molecule has 2 bridgehead atoms. The second kappa shape index (κ2) is 7.02. The highest BCUT2D eigenvalue weighted by Crippen LogP contribution is 2.69. The van der Waals surface area contributed by atoms with E-state index in [-0.39, 0.29) is 41.8 Å². The number of halogens is 2. The molecule has 8 heteroatoms. The summed E-state index contributed by atoms with van der Waals surface area (Å²) in [6.07, 6.45) is 3.37. The first-order chi connectivity index (χ1) is 14.9. The smallest absolute Gasteiger partial charge is 0.316 e. The maximum atomic E-state index is 14.4. The number of nitrogens with zero attached hydrogens (tertiary/aromatic N) is 4. The molecule has 1 saturated carbocycles. The van der Waals surface area contributed by atoms with Crippen LogP contribution in [-0.4, -0.2) is 38.5 Å². The van der Waals surface area contributed by atoms with Crippen molar-refractivity contribution in [1.82, 2.24) is 20.2 Å². The molecule has 6 nitrogen and oxygen atoms in total. The summed E-state index contributed by atoms with van der Waals surface area (Å²) in [6.45, 7) is 4.32. The van der Waals surface area contributed by atoms with Crippen LogP contribution in [0.3, 0.4) is 0 Å². The second-order valence-electron chi connectivity index (χ2n) is 8.64. The van der Waals surface area contributed by atoms with Crippen LogP contribution in [0.4, 0.5) is 8.78 Å². The predicted molar refractivity (Wildman–Crippen MR) is 109 cm³/mol. The van der Waals surface area contributed by atoms with E-state index in [1.807, 2.05) is 6.07 Å². The van der Waals surface area contributed by atoms with Gasteiger partial charge in [-0.15, -0.1) is 5.10 Å². The van der Waals surface area contributed by atoms with Crippen LogP contribution in [0.2, 0.25) is 0 Å². The van der Waals surface area contributed by atoms with Crippen molar-refractivity contribution in [3.63, 3.8) is 0 Å². The maximum absolute atomic E-state index is 14.4. The fourth-order valence-electron chi connectivity index (χ4n) is 5.54. The Morgan fingerprint density at radius 2 is 1.94 bits per heavy atom. The number of fused-ring (bicyclic) bond motifs is 5. The molecule has 0 aliphatic heterocycles. The highest BCUT2D eigenvalue weighted by molar-refractivity contribution is 5.64. The van der Waals surface area contributed by atoms with E-state index in [9.17, 15) is 8.78 Å². The highest BCUT2D eigenvalue weighted by atomic mass is 19.1. The number of ether oxygens (including phenoxy) is 1. The van der Waals surface area contributed by atoms with E-state index in [1.165, 1.54) is 18.2 Å². The highest BCUT2D eigenvalue weighted by Gasteiger charge is 2.65. The van der Waals surface area contributed by atoms with E-state index in [0.717, 1.165) is 29.8 Å². The minimum atomic E-state index is -0.659. The number of aromatic nitrogens is 4. The Labute approximate surface area is 178 Å². The van der Waals surface area contributed by atoms with Gasteiger partial charge in [0, 0.05) is 6.20 Å². The van der Waals surface area contributed by atoms with E-state index in [4.69, 9.17) is 9.84 Å². The van der Waals surface area contributed by atoms with Crippen LogP contribution in [0.1, 0.15) is 49.6 Å². The van der Waals surface area contributed by atoms with Crippen LogP contribution in [0.25, 0.3) is 11.3 Å². The van der Waals surface area contributed by atoms with Crippen molar-refractivity contribution in [2.45, 2.75) is 38.0 Å². The van der Waals surface area contributed by atoms with Crippen molar-refractivity contribution in [2.75, 3.05) is 13.2 Å². The van der Waals surface area contributed by atoms with Gasteiger partial charge in [0.25, 0.3) is 0 Å². The van der Waals surface area contributed by atoms with Gasteiger partial charge in [-0.25, -0.2) is 13.8 Å². The molecule has 0 radical (unpaired) electrons. The van der Waals surface area contributed by atoms with Crippen molar-refractivity contribution in [1.29, 1.82) is 0 Å². The van der Waals surface area contributed by atoms with E-state index in [2.05, 4.69) is 34.0 Å². The first kappa shape index (κ1) is 19.9. The lowest BCUT2D eigenvalue weighted by Crippen LogP contribution is -2.38. The van der Waals surface area contributed by atoms with Gasteiger partial charge in [-0.05, 0) is 54.0 Å². The summed E-state index contributed by atoms with van der Waals surface area (Å²) in [6, 6.07) is 7.62. The summed E-state index contributed by atoms with van der Waals surface area (Å²) in [5.74, 6) is -1.16. The molecule has 0 spiro atoms. The molecule has 1 N–H and O–H groups in total. The van der Waals surface area contributed by atoms with Crippen LogP contribution in [0.15, 0.2) is 36.5 Å². The molecule has 31 heavy (non-hydrogen) atoms. The number of benzene rings is 1. The van der Waals surface area contributed by atoms with Gasteiger partial charge in [-0.3, -0.25) is 0 Å². The number of hydrogen-bond acceptors (Lipinski definition) is 6. The first-order valence-corrected chi connectivity index (χ1v) is 10.3. The lowest BCUT2D eigenvalue weighted by Gasteiger charge is -2.37. The van der Waals surface area contributed by atoms with Gasteiger partial charge in [-0.1, -0.05) is 19.9 Å². The summed E-state index contributed by atoms with van der Waals surface area (Å²) in [5.41, 5.74) is 1.82. The molecule has 1 fully saturated rings. The number of rotatable bonds is 5. The lowest BCUT2D eigenvalue weighted by molar-refractivity contribution is 0.188. The van der Waals surface area contributed by atoms with Gasteiger partial charge in [-0.2, -0.15) is 10.1 Å². The summed E-state index contributed by atoms with van der Waals surface area (Å²) >= 11 is 0. The zero-order chi connectivity index (χ0) is 21.8. The van der Waals surface area contributed by atoms with Crippen molar-refractivity contribution in [3.05, 3.63) is 65.1 Å². The van der Waals surface area contributed by atoms with E-state index < -0.39 is 17.0 Å². The van der Waals surface area contributed by atoms with Gasteiger partial charge >= 0.3 is 6.01 Å². The molecule has 0 saturated heterocycles. The first-order valence-electron chi connectivity index (χ1n) is 10.3. The Bertz CT molecular complexity index is 1150. The molecule has 160 valence electrons. The maximum Gasteiger partial charge on any atom is 0.316 e. The average molecular weight is 424 g/mol. The Balaban J connectivity index is 1.66. The third kappa shape index (κ3) is 2.70. The third-order valence-electron chi connectivity index (χ3n) is 6.99. The normalized spacial score (nSPS) is 23.1. The monoisotopic (exact) mass is 424 g/mol. The molecule has 5 rings (SSSR count). The lowest BCUT2D eigenvalue weighted by atomic mass is 9.66. The van der Waals surface area contributed by atoms with Gasteiger partial charge in [0.1, 0.15) is 18.2 Å². The summed E-state index contributed by atoms with van der Waals surface area (Å²) < 4.78 is 34.1. The standard InChI is InChI=1S/C23H22F2N4O2/c1-22(2)14-6-8-23(22,18-7-9-26-21(27-18)31-11-10-30)20-13(14)12-17(28-29-20)19-15(24)4-3-5-16(19)25/h3-5,7,9,12,14,30H,6,8,10-11H2,1-2H3/t14-,23+/m0/s1. The fourth-order valence-corrected chi connectivity index (χ4v) is 5.54. The molecule has 3 aromatic rings. The molecule has 2 aliphatic carbocycles. The molecule has 2 heterocycles. The molecule has 0 amide bonds. The number of aliphatic hydroxyl groups excluding tert-OH is 1. The molecular weight excluding hydrogens is 402 g/mol. The topological polar surface area (TPSA) is 81.0 Å². The van der Waals surface area contributed by atoms with Crippen molar-refractivity contribution in [2.24, 2.45) is 5.41 Å². The SMILES string of the molecule is CC1(C)[C@H]2CC[C@@]1(c1ccnc(OCCO)n1)c1nnc(-c3c(F)cccc3F)cc12. The second-order valence-corrected chi connectivity index (χ2v) is 8.64. The van der Waals surface area contributed by atoms with Crippen LogP contribution < -0.4 is 4.74 Å².